The van der Waals surface area contributed by atoms with E-state index in [0.717, 1.165) is 5.56 Å². The summed E-state index contributed by atoms with van der Waals surface area (Å²) in [6, 6.07) is 8.51. The molecule has 0 aromatic heterocycles. The van der Waals surface area contributed by atoms with Gasteiger partial charge in [-0.1, -0.05) is 30.3 Å². The standard InChI is InChI=1S/C12H15ClN2O3S/c13-10-7-19(17,18)8-11(10)15-12(16)14-6-9-4-2-1-3-5-9/h1-5,10-11H,6-8H2,(H2,14,15,16). The van der Waals surface area contributed by atoms with Crippen LogP contribution in [0.1, 0.15) is 5.56 Å². The molecular formula is C12H15ClN2O3S. The molecule has 0 saturated carbocycles. The predicted octanol–water partition coefficient (Wildman–Crippen LogP) is 0.890. The molecule has 0 spiro atoms. The summed E-state index contributed by atoms with van der Waals surface area (Å²) in [6.45, 7) is 0.388. The van der Waals surface area contributed by atoms with E-state index >= 15 is 0 Å². The molecule has 5 nitrogen and oxygen atoms in total. The van der Waals surface area contributed by atoms with Crippen molar-refractivity contribution in [2.75, 3.05) is 11.5 Å². The van der Waals surface area contributed by atoms with Gasteiger partial charge < -0.3 is 10.6 Å². The van der Waals surface area contributed by atoms with Crippen molar-refractivity contribution in [3.63, 3.8) is 0 Å². The van der Waals surface area contributed by atoms with Crippen LogP contribution in [0.25, 0.3) is 0 Å². The van der Waals surface area contributed by atoms with Gasteiger partial charge in [0.2, 0.25) is 0 Å². The molecule has 2 rings (SSSR count). The van der Waals surface area contributed by atoms with Gasteiger partial charge in [0.05, 0.1) is 22.9 Å². The molecule has 7 heteroatoms. The van der Waals surface area contributed by atoms with Crippen LogP contribution in [0, 0.1) is 0 Å². The number of rotatable bonds is 3. The lowest BCUT2D eigenvalue weighted by Crippen LogP contribution is -2.45. The lowest BCUT2D eigenvalue weighted by molar-refractivity contribution is 0.237. The fourth-order valence-electron chi connectivity index (χ4n) is 1.93. The number of sulfone groups is 1. The zero-order valence-electron chi connectivity index (χ0n) is 10.2. The van der Waals surface area contributed by atoms with Crippen LogP contribution in [-0.2, 0) is 16.4 Å². The normalized spacial score (nSPS) is 24.9. The van der Waals surface area contributed by atoms with E-state index in [1.165, 1.54) is 0 Å². The lowest BCUT2D eigenvalue weighted by Gasteiger charge is -2.15. The van der Waals surface area contributed by atoms with Gasteiger partial charge in [0, 0.05) is 6.54 Å². The Bertz CT molecular complexity index is 547. The van der Waals surface area contributed by atoms with Crippen LogP contribution >= 0.6 is 11.6 Å². The molecule has 19 heavy (non-hydrogen) atoms. The first-order valence-electron chi connectivity index (χ1n) is 5.89. The van der Waals surface area contributed by atoms with Crippen molar-refractivity contribution in [3.05, 3.63) is 35.9 Å². The van der Waals surface area contributed by atoms with Crippen LogP contribution in [0.2, 0.25) is 0 Å². The first-order chi connectivity index (χ1) is 8.96. The highest BCUT2D eigenvalue weighted by Crippen LogP contribution is 2.17. The van der Waals surface area contributed by atoms with E-state index in [-0.39, 0.29) is 11.5 Å². The zero-order valence-corrected chi connectivity index (χ0v) is 11.7. The van der Waals surface area contributed by atoms with Gasteiger partial charge in [-0.2, -0.15) is 0 Å². The van der Waals surface area contributed by atoms with Gasteiger partial charge in [-0.05, 0) is 5.56 Å². The molecule has 1 fully saturated rings. The van der Waals surface area contributed by atoms with Crippen LogP contribution < -0.4 is 10.6 Å². The molecule has 1 aliphatic rings. The fraction of sp³-hybridized carbons (Fsp3) is 0.417. The minimum atomic E-state index is -3.13. The smallest absolute Gasteiger partial charge is 0.315 e. The van der Waals surface area contributed by atoms with E-state index in [4.69, 9.17) is 11.6 Å². The van der Waals surface area contributed by atoms with E-state index < -0.39 is 27.3 Å². The van der Waals surface area contributed by atoms with E-state index in [9.17, 15) is 13.2 Å². The average Bonchev–Trinajstić information content (AvgIpc) is 2.61. The van der Waals surface area contributed by atoms with Crippen molar-refractivity contribution >= 4 is 27.5 Å². The highest BCUT2D eigenvalue weighted by molar-refractivity contribution is 7.91. The Labute approximate surface area is 117 Å². The van der Waals surface area contributed by atoms with Crippen molar-refractivity contribution in [3.8, 4) is 0 Å². The first kappa shape index (κ1) is 14.1. The molecule has 1 heterocycles. The number of carbonyl (C=O) groups is 1. The molecule has 1 aromatic rings. The first-order valence-corrected chi connectivity index (χ1v) is 8.15. The Balaban J connectivity index is 1.82. The Morgan fingerprint density at radius 1 is 1.26 bits per heavy atom. The third-order valence-electron chi connectivity index (χ3n) is 2.90. The second-order valence-corrected chi connectivity index (χ2v) is 7.23. The molecule has 0 radical (unpaired) electrons. The van der Waals surface area contributed by atoms with Crippen molar-refractivity contribution in [1.29, 1.82) is 0 Å². The third-order valence-corrected chi connectivity index (χ3v) is 5.27. The second kappa shape index (κ2) is 5.79. The van der Waals surface area contributed by atoms with Gasteiger partial charge in [0.15, 0.2) is 9.84 Å². The summed E-state index contributed by atoms with van der Waals surface area (Å²) < 4.78 is 22.7. The number of nitrogens with one attached hydrogen (secondary N) is 2. The maximum absolute atomic E-state index is 11.7. The van der Waals surface area contributed by atoms with E-state index in [1.807, 2.05) is 30.3 Å². The summed E-state index contributed by atoms with van der Waals surface area (Å²) in [6.07, 6.45) is 0. The van der Waals surface area contributed by atoms with Gasteiger partial charge in [-0.3, -0.25) is 0 Å². The van der Waals surface area contributed by atoms with Crippen LogP contribution in [-0.4, -0.2) is 37.4 Å². The largest absolute Gasteiger partial charge is 0.334 e. The minimum Gasteiger partial charge on any atom is -0.334 e. The Kier molecular flexibility index (Phi) is 4.31. The molecule has 1 saturated heterocycles. The SMILES string of the molecule is O=C(NCc1ccccc1)NC1CS(=O)(=O)CC1Cl. The predicted molar refractivity (Wildman–Crippen MR) is 73.9 cm³/mol. The quantitative estimate of drug-likeness (QED) is 0.814. The van der Waals surface area contributed by atoms with Crippen molar-refractivity contribution in [2.24, 2.45) is 0 Å². The second-order valence-electron chi connectivity index (χ2n) is 4.51. The number of amides is 2. The maximum Gasteiger partial charge on any atom is 0.315 e. The number of halogens is 1. The minimum absolute atomic E-state index is 0.0851. The fourth-order valence-corrected chi connectivity index (χ4v) is 4.48. The van der Waals surface area contributed by atoms with Crippen LogP contribution in [0.5, 0.6) is 0 Å². The zero-order chi connectivity index (χ0) is 13.9. The van der Waals surface area contributed by atoms with Crippen LogP contribution in [0.15, 0.2) is 30.3 Å². The lowest BCUT2D eigenvalue weighted by atomic mass is 10.2. The van der Waals surface area contributed by atoms with Gasteiger partial charge in [-0.15, -0.1) is 11.6 Å². The number of carbonyl (C=O) groups excluding carboxylic acids is 1. The van der Waals surface area contributed by atoms with Crippen LogP contribution in [0.3, 0.4) is 0 Å². The third kappa shape index (κ3) is 4.11. The molecule has 1 aromatic carbocycles. The highest BCUT2D eigenvalue weighted by Gasteiger charge is 2.37. The van der Waals surface area contributed by atoms with Gasteiger partial charge in [-0.25, -0.2) is 13.2 Å². The molecule has 2 N–H and O–H groups in total. The molecule has 104 valence electrons. The summed E-state index contributed by atoms with van der Waals surface area (Å²) in [7, 11) is -3.13. The molecule has 0 aliphatic carbocycles. The van der Waals surface area contributed by atoms with E-state index in [2.05, 4.69) is 10.6 Å². The summed E-state index contributed by atoms with van der Waals surface area (Å²) >= 11 is 5.90. The molecule has 0 bridgehead atoms. The van der Waals surface area contributed by atoms with Crippen LogP contribution in [0.4, 0.5) is 4.79 Å². The highest BCUT2D eigenvalue weighted by atomic mass is 35.5. The van der Waals surface area contributed by atoms with Crippen molar-refractivity contribution in [1.82, 2.24) is 10.6 Å². The maximum atomic E-state index is 11.7. The molecular weight excluding hydrogens is 288 g/mol. The topological polar surface area (TPSA) is 75.3 Å². The Morgan fingerprint density at radius 3 is 2.53 bits per heavy atom. The number of alkyl halides is 1. The summed E-state index contributed by atoms with van der Waals surface area (Å²) in [5.74, 6) is -0.182. The van der Waals surface area contributed by atoms with Crippen molar-refractivity contribution < 1.29 is 13.2 Å². The number of hydrogen-bond donors (Lipinski definition) is 2. The number of urea groups is 1. The van der Waals surface area contributed by atoms with Gasteiger partial charge >= 0.3 is 6.03 Å². The number of hydrogen-bond acceptors (Lipinski definition) is 3. The van der Waals surface area contributed by atoms with E-state index in [0.29, 0.717) is 6.54 Å². The summed E-state index contributed by atoms with van der Waals surface area (Å²) in [5, 5.41) is 4.70. The average molecular weight is 303 g/mol. The Morgan fingerprint density at radius 2 is 1.95 bits per heavy atom. The molecule has 2 amide bonds. The molecule has 2 unspecified atom stereocenters. The molecule has 1 aliphatic heterocycles. The summed E-state index contributed by atoms with van der Waals surface area (Å²) in [5.41, 5.74) is 0.971. The van der Waals surface area contributed by atoms with E-state index in [1.54, 1.807) is 0 Å². The van der Waals surface area contributed by atoms with Gasteiger partial charge in [0.1, 0.15) is 0 Å². The molecule has 2 atom stereocenters. The number of benzene rings is 1. The van der Waals surface area contributed by atoms with Gasteiger partial charge in [0.25, 0.3) is 0 Å². The summed E-state index contributed by atoms with van der Waals surface area (Å²) in [4.78, 5) is 11.7. The Hall–Kier alpha value is -1.27. The van der Waals surface area contributed by atoms with Crippen molar-refractivity contribution in [2.45, 2.75) is 18.0 Å². The monoisotopic (exact) mass is 302 g/mol.